The van der Waals surface area contributed by atoms with Crippen molar-refractivity contribution in [3.05, 3.63) is 65.7 Å². The molecule has 0 spiro atoms. The van der Waals surface area contributed by atoms with E-state index in [1.54, 1.807) is 12.1 Å². The van der Waals surface area contributed by atoms with Gasteiger partial charge in [-0.05, 0) is 35.2 Å². The fourth-order valence-electron chi connectivity index (χ4n) is 4.01. The molecule has 0 radical (unpaired) electrons. The number of carbonyl (C=O) groups excluding carboxylic acids is 2. The molecule has 3 aromatic rings. The van der Waals surface area contributed by atoms with Crippen molar-refractivity contribution in [2.24, 2.45) is 5.92 Å². The highest BCUT2D eigenvalue weighted by molar-refractivity contribution is 5.95. The van der Waals surface area contributed by atoms with Crippen LogP contribution in [-0.4, -0.2) is 32.0 Å². The van der Waals surface area contributed by atoms with Crippen molar-refractivity contribution >= 4 is 11.8 Å². The van der Waals surface area contributed by atoms with Crippen LogP contribution in [0.5, 0.6) is 0 Å². The van der Waals surface area contributed by atoms with Gasteiger partial charge in [0.15, 0.2) is 0 Å². The molecule has 2 aromatic carbocycles. The monoisotopic (exact) mass is 432 g/mol. The van der Waals surface area contributed by atoms with Crippen molar-refractivity contribution in [2.45, 2.75) is 51.5 Å². The molecular formula is C24H28N6O2. The maximum Gasteiger partial charge on any atom is 0.269 e. The fraction of sp³-hybridized carbons (Fsp3) is 0.375. The van der Waals surface area contributed by atoms with Crippen LogP contribution in [-0.2, 0) is 11.3 Å². The molecule has 1 aromatic heterocycles. The lowest BCUT2D eigenvalue weighted by molar-refractivity contribution is -0.122. The molecule has 1 aliphatic carbocycles. The van der Waals surface area contributed by atoms with Crippen molar-refractivity contribution in [1.82, 2.24) is 31.1 Å². The normalized spacial score (nSPS) is 14.1. The fourth-order valence-corrected chi connectivity index (χ4v) is 4.01. The molecule has 8 nitrogen and oxygen atoms in total. The number of hydrogen-bond acceptors (Lipinski definition) is 5. The SMILES string of the molecule is O=C(CCC1CCCCC1)NNC(=O)c1ccc(Cn2nnc(-c3ccccc3)n2)cc1. The summed E-state index contributed by atoms with van der Waals surface area (Å²) in [4.78, 5) is 25.9. The van der Waals surface area contributed by atoms with Crippen LogP contribution in [0.2, 0.25) is 0 Å². The highest BCUT2D eigenvalue weighted by atomic mass is 16.2. The van der Waals surface area contributed by atoms with Gasteiger partial charge in [0.2, 0.25) is 11.7 Å². The van der Waals surface area contributed by atoms with Crippen LogP contribution in [0.3, 0.4) is 0 Å². The Balaban J connectivity index is 1.24. The van der Waals surface area contributed by atoms with E-state index in [0.29, 0.717) is 30.3 Å². The Bertz CT molecular complexity index is 1030. The lowest BCUT2D eigenvalue weighted by atomic mass is 9.86. The predicted octanol–water partition coefficient (Wildman–Crippen LogP) is 3.51. The van der Waals surface area contributed by atoms with Crippen molar-refractivity contribution in [3.63, 3.8) is 0 Å². The number of nitrogens with zero attached hydrogens (tertiary/aromatic N) is 4. The number of carbonyl (C=O) groups is 2. The van der Waals surface area contributed by atoms with Gasteiger partial charge in [-0.25, -0.2) is 0 Å². The van der Waals surface area contributed by atoms with Crippen LogP contribution < -0.4 is 10.9 Å². The van der Waals surface area contributed by atoms with E-state index >= 15 is 0 Å². The molecule has 2 amide bonds. The third kappa shape index (κ3) is 6.00. The number of amides is 2. The quantitative estimate of drug-likeness (QED) is 0.556. The van der Waals surface area contributed by atoms with E-state index < -0.39 is 0 Å². The molecule has 1 heterocycles. The second-order valence-corrected chi connectivity index (χ2v) is 8.25. The Hall–Kier alpha value is -3.55. The Morgan fingerprint density at radius 2 is 1.69 bits per heavy atom. The molecule has 1 fully saturated rings. The van der Waals surface area contributed by atoms with E-state index in [-0.39, 0.29) is 11.8 Å². The second-order valence-electron chi connectivity index (χ2n) is 8.25. The lowest BCUT2D eigenvalue weighted by Gasteiger charge is -2.21. The molecule has 1 aliphatic rings. The van der Waals surface area contributed by atoms with E-state index in [0.717, 1.165) is 17.5 Å². The average Bonchev–Trinajstić information content (AvgIpc) is 3.31. The zero-order valence-corrected chi connectivity index (χ0v) is 18.0. The van der Waals surface area contributed by atoms with Gasteiger partial charge < -0.3 is 0 Å². The van der Waals surface area contributed by atoms with Gasteiger partial charge in [0.05, 0.1) is 6.54 Å². The molecule has 2 N–H and O–H groups in total. The zero-order chi connectivity index (χ0) is 22.2. The van der Waals surface area contributed by atoms with E-state index in [4.69, 9.17) is 0 Å². The highest BCUT2D eigenvalue weighted by Gasteiger charge is 2.15. The Morgan fingerprint density at radius 1 is 0.938 bits per heavy atom. The Kier molecular flexibility index (Phi) is 7.22. The molecule has 0 saturated heterocycles. The van der Waals surface area contributed by atoms with Gasteiger partial charge in [0.1, 0.15) is 0 Å². The van der Waals surface area contributed by atoms with Crippen molar-refractivity contribution < 1.29 is 9.59 Å². The molecule has 0 atom stereocenters. The molecule has 0 aliphatic heterocycles. The van der Waals surface area contributed by atoms with Crippen LogP contribution >= 0.6 is 0 Å². The van der Waals surface area contributed by atoms with Gasteiger partial charge in [-0.15, -0.1) is 10.2 Å². The Labute approximate surface area is 187 Å². The first kappa shape index (κ1) is 21.7. The summed E-state index contributed by atoms with van der Waals surface area (Å²) in [5.74, 6) is 0.724. The first-order valence-corrected chi connectivity index (χ1v) is 11.2. The summed E-state index contributed by atoms with van der Waals surface area (Å²) in [6.07, 6.45) is 7.59. The third-order valence-corrected chi connectivity index (χ3v) is 5.84. The summed E-state index contributed by atoms with van der Waals surface area (Å²) < 4.78 is 0. The van der Waals surface area contributed by atoms with Gasteiger partial charge in [0, 0.05) is 17.5 Å². The third-order valence-electron chi connectivity index (χ3n) is 5.84. The first-order chi connectivity index (χ1) is 15.7. The van der Waals surface area contributed by atoms with Crippen molar-refractivity contribution in [1.29, 1.82) is 0 Å². The molecule has 0 bridgehead atoms. The van der Waals surface area contributed by atoms with Gasteiger partial charge in [-0.3, -0.25) is 20.4 Å². The molecule has 166 valence electrons. The average molecular weight is 433 g/mol. The summed E-state index contributed by atoms with van der Waals surface area (Å²) in [5.41, 5.74) is 7.34. The smallest absolute Gasteiger partial charge is 0.269 e. The summed E-state index contributed by atoms with van der Waals surface area (Å²) >= 11 is 0. The molecule has 32 heavy (non-hydrogen) atoms. The second kappa shape index (κ2) is 10.7. The summed E-state index contributed by atoms with van der Waals surface area (Å²) in [6, 6.07) is 16.8. The first-order valence-electron chi connectivity index (χ1n) is 11.2. The summed E-state index contributed by atoms with van der Waals surface area (Å²) in [7, 11) is 0. The van der Waals surface area contributed by atoms with Crippen molar-refractivity contribution in [3.8, 4) is 11.4 Å². The highest BCUT2D eigenvalue weighted by Crippen LogP contribution is 2.27. The van der Waals surface area contributed by atoms with Gasteiger partial charge in [-0.1, -0.05) is 74.6 Å². The number of hydrazine groups is 1. The minimum Gasteiger partial charge on any atom is -0.273 e. The zero-order valence-electron chi connectivity index (χ0n) is 18.0. The predicted molar refractivity (Wildman–Crippen MR) is 120 cm³/mol. The maximum atomic E-state index is 12.3. The van der Waals surface area contributed by atoms with Crippen LogP contribution in [0.1, 0.15) is 60.9 Å². The van der Waals surface area contributed by atoms with Crippen molar-refractivity contribution in [2.75, 3.05) is 0 Å². The molecule has 1 saturated carbocycles. The van der Waals surface area contributed by atoms with E-state index in [1.807, 2.05) is 42.5 Å². The number of benzene rings is 2. The maximum absolute atomic E-state index is 12.3. The Morgan fingerprint density at radius 3 is 2.44 bits per heavy atom. The molecule has 0 unspecified atom stereocenters. The van der Waals surface area contributed by atoms with Gasteiger partial charge >= 0.3 is 0 Å². The lowest BCUT2D eigenvalue weighted by Crippen LogP contribution is -2.41. The van der Waals surface area contributed by atoms with E-state index in [9.17, 15) is 9.59 Å². The molecular weight excluding hydrogens is 404 g/mol. The van der Waals surface area contributed by atoms with Gasteiger partial charge in [0.25, 0.3) is 5.91 Å². The minimum atomic E-state index is -0.340. The molecule has 4 rings (SSSR count). The minimum absolute atomic E-state index is 0.146. The van der Waals surface area contributed by atoms with E-state index in [2.05, 4.69) is 26.3 Å². The molecule has 8 heteroatoms. The number of tetrazole rings is 1. The largest absolute Gasteiger partial charge is 0.273 e. The number of rotatable bonds is 7. The topological polar surface area (TPSA) is 102 Å². The van der Waals surface area contributed by atoms with Crippen LogP contribution in [0, 0.1) is 5.92 Å². The number of aromatic nitrogens is 4. The summed E-state index contributed by atoms with van der Waals surface area (Å²) in [6.45, 7) is 0.444. The van der Waals surface area contributed by atoms with Gasteiger partial charge in [-0.2, -0.15) is 4.80 Å². The van der Waals surface area contributed by atoms with Crippen LogP contribution in [0.25, 0.3) is 11.4 Å². The van der Waals surface area contributed by atoms with E-state index in [1.165, 1.54) is 36.9 Å². The van der Waals surface area contributed by atoms with Crippen LogP contribution in [0.4, 0.5) is 0 Å². The number of nitrogens with one attached hydrogen (secondary N) is 2. The van der Waals surface area contributed by atoms with Crippen LogP contribution in [0.15, 0.2) is 54.6 Å². The summed E-state index contributed by atoms with van der Waals surface area (Å²) in [5, 5.41) is 12.6. The number of hydrogen-bond donors (Lipinski definition) is 2. The standard InChI is InChI=1S/C24H28N6O2/c31-22(16-13-18-7-3-1-4-8-18)25-27-24(32)21-14-11-19(12-15-21)17-30-28-23(26-29-30)20-9-5-2-6-10-20/h2,5-6,9-12,14-15,18H,1,3-4,7-8,13,16-17H2,(H,25,31)(H,27,32).